The molecule has 3 rings (SSSR count). The highest BCUT2D eigenvalue weighted by Crippen LogP contribution is 2.33. The maximum atomic E-state index is 13.2. The number of ether oxygens (including phenoxy) is 1. The molecule has 33 heavy (non-hydrogen) atoms. The Hall–Kier alpha value is -3.62. The van der Waals surface area contributed by atoms with Gasteiger partial charge >= 0.3 is 5.97 Å². The lowest BCUT2D eigenvalue weighted by Crippen LogP contribution is -2.38. The van der Waals surface area contributed by atoms with Crippen LogP contribution in [-0.4, -0.2) is 37.1 Å². The third kappa shape index (κ3) is 6.44. The number of nitrogens with zero attached hydrogens (tertiary/aromatic N) is 5. The predicted octanol–water partition coefficient (Wildman–Crippen LogP) is 3.45. The maximum Gasteiger partial charge on any atom is 0.358 e. The summed E-state index contributed by atoms with van der Waals surface area (Å²) >= 11 is 0. The van der Waals surface area contributed by atoms with Gasteiger partial charge in [-0.05, 0) is 53.8 Å². The van der Waals surface area contributed by atoms with E-state index in [1.165, 1.54) is 12.3 Å². The second-order valence-corrected chi connectivity index (χ2v) is 9.70. The van der Waals surface area contributed by atoms with Crippen molar-refractivity contribution in [3.63, 3.8) is 0 Å². The number of esters is 1. The molecule has 9 nitrogen and oxygen atoms in total. The van der Waals surface area contributed by atoms with Crippen LogP contribution < -0.4 is 5.32 Å². The minimum absolute atomic E-state index is 0.0254. The summed E-state index contributed by atoms with van der Waals surface area (Å²) in [5.74, 6) is -1.11. The van der Waals surface area contributed by atoms with Crippen LogP contribution in [0.1, 0.15) is 69.0 Å². The van der Waals surface area contributed by atoms with Gasteiger partial charge in [-0.2, -0.15) is 0 Å². The second kappa shape index (κ2) is 9.89. The number of hydrogen-bond acceptors (Lipinski definition) is 7. The van der Waals surface area contributed by atoms with E-state index in [0.29, 0.717) is 0 Å². The molecule has 1 aromatic carbocycles. The van der Waals surface area contributed by atoms with Crippen LogP contribution in [0.2, 0.25) is 0 Å². The zero-order valence-corrected chi connectivity index (χ0v) is 19.6. The molecule has 1 N–H and O–H groups in total. The first kappa shape index (κ1) is 24.0. The van der Waals surface area contributed by atoms with E-state index in [2.05, 4.69) is 46.6 Å². The molecule has 0 fully saturated rings. The molecule has 3 aromatic rings. The number of pyridine rings is 1. The van der Waals surface area contributed by atoms with Crippen molar-refractivity contribution in [3.05, 3.63) is 71.8 Å². The van der Waals surface area contributed by atoms with Crippen LogP contribution in [0.15, 0.2) is 54.7 Å². The summed E-state index contributed by atoms with van der Waals surface area (Å²) in [6.07, 6.45) is 0.861. The van der Waals surface area contributed by atoms with E-state index in [-0.39, 0.29) is 23.5 Å². The SMILES string of the molecule is CC(C)(C)CC(C)(C)n1nnnc1C(OC(=O)c1ccccn1)C(=O)NCc1ccccc1. The standard InChI is InChI=1S/C24H30N6O3/c1-23(2,3)16-24(4,5)30-20(27-28-29-30)19(33-22(32)18-13-9-10-14-25-18)21(31)26-15-17-11-7-6-8-12-17/h6-14,19H,15-16H2,1-5H3,(H,26,31). The van der Waals surface area contributed by atoms with E-state index in [9.17, 15) is 9.59 Å². The third-order valence-electron chi connectivity index (χ3n) is 4.91. The van der Waals surface area contributed by atoms with E-state index < -0.39 is 23.5 Å². The van der Waals surface area contributed by atoms with Gasteiger partial charge in [0.1, 0.15) is 5.69 Å². The van der Waals surface area contributed by atoms with Gasteiger partial charge in [-0.3, -0.25) is 4.79 Å². The van der Waals surface area contributed by atoms with Crippen LogP contribution in [0.5, 0.6) is 0 Å². The molecule has 0 bridgehead atoms. The highest BCUT2D eigenvalue weighted by molar-refractivity contribution is 5.90. The van der Waals surface area contributed by atoms with Crippen LogP contribution in [0.25, 0.3) is 0 Å². The van der Waals surface area contributed by atoms with E-state index >= 15 is 0 Å². The monoisotopic (exact) mass is 450 g/mol. The number of rotatable bonds is 8. The van der Waals surface area contributed by atoms with E-state index in [0.717, 1.165) is 12.0 Å². The molecule has 0 saturated heterocycles. The molecule has 0 aliphatic rings. The van der Waals surface area contributed by atoms with Crippen molar-refractivity contribution in [1.82, 2.24) is 30.5 Å². The molecular weight excluding hydrogens is 420 g/mol. The first-order valence-electron chi connectivity index (χ1n) is 10.8. The van der Waals surface area contributed by atoms with E-state index in [1.807, 2.05) is 44.2 Å². The third-order valence-corrected chi connectivity index (χ3v) is 4.91. The van der Waals surface area contributed by atoms with Gasteiger partial charge in [0.2, 0.25) is 11.9 Å². The summed E-state index contributed by atoms with van der Waals surface area (Å²) in [4.78, 5) is 30.0. The quantitative estimate of drug-likeness (QED) is 0.523. The lowest BCUT2D eigenvalue weighted by molar-refractivity contribution is -0.131. The molecule has 174 valence electrons. The Morgan fingerprint density at radius 1 is 1.03 bits per heavy atom. The number of amides is 1. The minimum atomic E-state index is -1.35. The van der Waals surface area contributed by atoms with E-state index in [4.69, 9.17) is 4.74 Å². The molecule has 1 unspecified atom stereocenters. The van der Waals surface area contributed by atoms with Crippen molar-refractivity contribution >= 4 is 11.9 Å². The average molecular weight is 451 g/mol. The molecule has 2 aromatic heterocycles. The van der Waals surface area contributed by atoms with Crippen LogP contribution >= 0.6 is 0 Å². The highest BCUT2D eigenvalue weighted by Gasteiger charge is 2.37. The van der Waals surface area contributed by atoms with Crippen molar-refractivity contribution in [3.8, 4) is 0 Å². The van der Waals surface area contributed by atoms with Crippen molar-refractivity contribution in [2.24, 2.45) is 5.41 Å². The van der Waals surface area contributed by atoms with Gasteiger partial charge < -0.3 is 10.1 Å². The van der Waals surface area contributed by atoms with Crippen molar-refractivity contribution in [2.75, 3.05) is 0 Å². The van der Waals surface area contributed by atoms with Crippen molar-refractivity contribution in [1.29, 1.82) is 0 Å². The molecule has 2 heterocycles. The number of benzene rings is 1. The average Bonchev–Trinajstić information content (AvgIpc) is 3.26. The lowest BCUT2D eigenvalue weighted by atomic mass is 9.82. The Kier molecular flexibility index (Phi) is 7.20. The molecule has 9 heteroatoms. The van der Waals surface area contributed by atoms with Crippen molar-refractivity contribution < 1.29 is 14.3 Å². The number of carbonyl (C=O) groups is 2. The zero-order valence-electron chi connectivity index (χ0n) is 19.6. The fourth-order valence-electron chi connectivity index (χ4n) is 3.91. The molecule has 0 aliphatic heterocycles. The van der Waals surface area contributed by atoms with Gasteiger partial charge in [0, 0.05) is 12.7 Å². The van der Waals surface area contributed by atoms with Crippen LogP contribution in [0, 0.1) is 5.41 Å². The first-order chi connectivity index (χ1) is 15.6. The fourth-order valence-corrected chi connectivity index (χ4v) is 3.91. The van der Waals surface area contributed by atoms with Gasteiger partial charge in [-0.15, -0.1) is 5.10 Å². The van der Waals surface area contributed by atoms with Gasteiger partial charge in [-0.1, -0.05) is 57.2 Å². The number of nitrogens with one attached hydrogen (secondary N) is 1. The summed E-state index contributed by atoms with van der Waals surface area (Å²) in [7, 11) is 0. The Morgan fingerprint density at radius 3 is 2.36 bits per heavy atom. The summed E-state index contributed by atoms with van der Waals surface area (Å²) < 4.78 is 7.19. The van der Waals surface area contributed by atoms with Gasteiger partial charge in [0.05, 0.1) is 5.54 Å². The Bertz CT molecular complexity index is 1070. The highest BCUT2D eigenvalue weighted by atomic mass is 16.5. The van der Waals surface area contributed by atoms with Crippen LogP contribution in [-0.2, 0) is 21.6 Å². The normalized spacial score (nSPS) is 12.8. The van der Waals surface area contributed by atoms with Crippen LogP contribution in [0.3, 0.4) is 0 Å². The minimum Gasteiger partial charge on any atom is -0.439 e. The Balaban J connectivity index is 1.91. The molecule has 1 atom stereocenters. The lowest BCUT2D eigenvalue weighted by Gasteiger charge is -2.33. The number of tetrazole rings is 1. The number of hydrogen-bond donors (Lipinski definition) is 1. The molecular formula is C24H30N6O3. The Morgan fingerprint density at radius 2 is 1.73 bits per heavy atom. The molecule has 0 spiro atoms. The first-order valence-corrected chi connectivity index (χ1v) is 10.8. The van der Waals surface area contributed by atoms with Gasteiger partial charge in [0.25, 0.3) is 5.91 Å². The molecule has 0 radical (unpaired) electrons. The summed E-state index contributed by atoms with van der Waals surface area (Å²) in [6, 6.07) is 14.3. The van der Waals surface area contributed by atoms with Gasteiger partial charge in [-0.25, -0.2) is 14.5 Å². The summed E-state index contributed by atoms with van der Waals surface area (Å²) in [6.45, 7) is 10.6. The fraction of sp³-hybridized carbons (Fsp3) is 0.417. The van der Waals surface area contributed by atoms with E-state index in [1.54, 1.807) is 16.8 Å². The molecule has 0 saturated carbocycles. The van der Waals surface area contributed by atoms with Crippen molar-refractivity contribution in [2.45, 2.75) is 59.2 Å². The topological polar surface area (TPSA) is 112 Å². The molecule has 0 aliphatic carbocycles. The Labute approximate surface area is 193 Å². The maximum absolute atomic E-state index is 13.2. The zero-order chi connectivity index (χ0) is 24.1. The number of carbonyl (C=O) groups excluding carboxylic acids is 2. The molecule has 1 amide bonds. The van der Waals surface area contributed by atoms with Gasteiger partial charge in [0.15, 0.2) is 0 Å². The summed E-state index contributed by atoms with van der Waals surface area (Å²) in [5, 5.41) is 14.8. The predicted molar refractivity (Wildman–Crippen MR) is 122 cm³/mol. The number of aromatic nitrogens is 5. The second-order valence-electron chi connectivity index (χ2n) is 9.70. The largest absolute Gasteiger partial charge is 0.439 e. The smallest absolute Gasteiger partial charge is 0.358 e. The van der Waals surface area contributed by atoms with Crippen LogP contribution in [0.4, 0.5) is 0 Å². The summed E-state index contributed by atoms with van der Waals surface area (Å²) in [5.41, 5.74) is 0.439.